The number of halogens is 2. The molecule has 3 heteroatoms. The molecule has 188 valence electrons. The van der Waals surface area contributed by atoms with Crippen molar-refractivity contribution in [1.82, 2.24) is 0 Å². The van der Waals surface area contributed by atoms with Gasteiger partial charge in [0.25, 0.3) is 0 Å². The van der Waals surface area contributed by atoms with Crippen molar-refractivity contribution in [2.45, 2.75) is 64.2 Å². The van der Waals surface area contributed by atoms with Gasteiger partial charge in [0.15, 0.2) is 0 Å². The number of fused-ring (bicyclic) bond motifs is 6. The van der Waals surface area contributed by atoms with Gasteiger partial charge in [-0.3, -0.25) is 0 Å². The van der Waals surface area contributed by atoms with E-state index >= 15 is 0 Å². The molecule has 0 bridgehead atoms. The van der Waals surface area contributed by atoms with Crippen molar-refractivity contribution in [1.29, 1.82) is 0 Å². The smallest absolute Gasteiger partial charge is 1.00 e. The Balaban J connectivity index is 0.000000241. The quantitative estimate of drug-likeness (QED) is 0.215. The van der Waals surface area contributed by atoms with Gasteiger partial charge < -0.3 is 24.8 Å². The zero-order chi connectivity index (χ0) is 23.3. The van der Waals surface area contributed by atoms with Crippen LogP contribution in [-0.2, 0) is 25.8 Å². The number of benzene rings is 4. The van der Waals surface area contributed by atoms with E-state index in [0.717, 1.165) is 0 Å². The average Bonchev–Trinajstić information content (AvgIpc) is 3.39. The molecule has 2 unspecified atom stereocenters. The van der Waals surface area contributed by atoms with Crippen LogP contribution in [0.25, 0.3) is 22.3 Å². The zero-order valence-corrected chi connectivity index (χ0v) is 26.8. The topological polar surface area (TPSA) is 0 Å². The first-order valence-corrected chi connectivity index (χ1v) is 13.0. The third-order valence-corrected chi connectivity index (χ3v) is 7.42. The maximum absolute atomic E-state index is 3.45. The van der Waals surface area contributed by atoms with Crippen LogP contribution in [0.15, 0.2) is 84.9 Å². The fourth-order valence-corrected chi connectivity index (χ4v) is 5.77. The molecule has 0 spiro atoms. The van der Waals surface area contributed by atoms with Crippen LogP contribution in [-0.4, -0.2) is 0 Å². The van der Waals surface area contributed by atoms with Crippen LogP contribution >= 0.6 is 0 Å². The van der Waals surface area contributed by atoms with E-state index in [9.17, 15) is 0 Å². The van der Waals surface area contributed by atoms with Gasteiger partial charge in [0.05, 0.1) is 0 Å². The van der Waals surface area contributed by atoms with Gasteiger partial charge in [-0.25, -0.2) is 0 Å². The molecule has 0 nitrogen and oxygen atoms in total. The van der Waals surface area contributed by atoms with Crippen LogP contribution in [0.3, 0.4) is 0 Å². The predicted molar refractivity (Wildman–Crippen MR) is 144 cm³/mol. The van der Waals surface area contributed by atoms with Gasteiger partial charge in [0, 0.05) is 0 Å². The summed E-state index contributed by atoms with van der Waals surface area (Å²) in [6.07, 6.45) is 7.62. The standard InChI is InChI=1S/2C17H17.2ClH.Hf/c2*1-2-3-8-13-14-9-4-6-11-16(14)17-12-7-5-10-15(13)17;;;/h2*4-7,9,11-13H,2-3,8H2,1H3;2*1H;/q2*-1;;;+4/p-2. The van der Waals surface area contributed by atoms with Crippen LogP contribution in [0, 0.1) is 12.1 Å². The fourth-order valence-electron chi connectivity index (χ4n) is 5.77. The third-order valence-electron chi connectivity index (χ3n) is 7.42. The average molecular weight is 692 g/mol. The summed E-state index contributed by atoms with van der Waals surface area (Å²) in [5, 5.41) is 0. The molecule has 0 aromatic heterocycles. The second-order valence-corrected chi connectivity index (χ2v) is 9.56. The summed E-state index contributed by atoms with van der Waals surface area (Å²) in [7, 11) is 0. The summed E-state index contributed by atoms with van der Waals surface area (Å²) in [5.41, 5.74) is 11.4. The second kappa shape index (κ2) is 15.1. The maximum Gasteiger partial charge on any atom is 4.00 e. The Kier molecular flexibility index (Phi) is 12.8. The van der Waals surface area contributed by atoms with Crippen molar-refractivity contribution in [3.63, 3.8) is 0 Å². The summed E-state index contributed by atoms with van der Waals surface area (Å²) in [6, 6.07) is 37.3. The van der Waals surface area contributed by atoms with Crippen LogP contribution in [0.1, 0.15) is 86.5 Å². The van der Waals surface area contributed by atoms with Gasteiger partial charge in [-0.15, -0.1) is 22.3 Å². The summed E-state index contributed by atoms with van der Waals surface area (Å²) < 4.78 is 0. The van der Waals surface area contributed by atoms with E-state index in [1.807, 2.05) is 12.1 Å². The minimum atomic E-state index is 0. The minimum Gasteiger partial charge on any atom is -1.00 e. The Morgan fingerprint density at radius 2 is 0.919 bits per heavy atom. The van der Waals surface area contributed by atoms with E-state index in [4.69, 9.17) is 0 Å². The van der Waals surface area contributed by atoms with Crippen molar-refractivity contribution in [2.75, 3.05) is 0 Å². The molecule has 0 saturated heterocycles. The molecule has 0 N–H and O–H groups in total. The Morgan fingerprint density at radius 3 is 1.32 bits per heavy atom. The summed E-state index contributed by atoms with van der Waals surface area (Å²) in [4.78, 5) is 0. The van der Waals surface area contributed by atoms with Crippen molar-refractivity contribution >= 4 is 0 Å². The molecule has 0 fully saturated rings. The maximum atomic E-state index is 3.45. The molecule has 0 amide bonds. The molecule has 4 aromatic carbocycles. The van der Waals surface area contributed by atoms with E-state index < -0.39 is 0 Å². The minimum absolute atomic E-state index is 0. The Hall–Kier alpha value is -1.67. The molecular weight excluding hydrogens is 658 g/mol. The molecule has 37 heavy (non-hydrogen) atoms. The molecule has 0 radical (unpaired) electrons. The largest absolute Gasteiger partial charge is 4.00 e. The number of unbranched alkanes of at least 4 members (excludes halogenated alkanes) is 2. The zero-order valence-electron chi connectivity index (χ0n) is 21.7. The van der Waals surface area contributed by atoms with Crippen LogP contribution in [0.4, 0.5) is 0 Å². The SMILES string of the molecule is CCCCC1c2[c-]cccc2-c2ccccc21.CCCCC1c2[c-]cccc2-c2ccccc21.[Cl-].[Cl-].[Hf+4]. The molecule has 2 aliphatic rings. The van der Waals surface area contributed by atoms with Gasteiger partial charge in [-0.05, 0) is 35.8 Å². The monoisotopic (exact) mass is 692 g/mol. The first kappa shape index (κ1) is 31.5. The normalized spacial score (nSPS) is 15.3. The summed E-state index contributed by atoms with van der Waals surface area (Å²) >= 11 is 0. The molecule has 0 aliphatic heterocycles. The molecule has 6 rings (SSSR count). The molecule has 2 aliphatic carbocycles. The second-order valence-electron chi connectivity index (χ2n) is 9.56. The molecule has 2 atom stereocenters. The summed E-state index contributed by atoms with van der Waals surface area (Å²) in [5.74, 6) is 1.14. The van der Waals surface area contributed by atoms with E-state index in [-0.39, 0.29) is 50.7 Å². The van der Waals surface area contributed by atoms with Gasteiger partial charge in [-0.1, -0.05) is 99.2 Å². The molecule has 0 saturated carbocycles. The van der Waals surface area contributed by atoms with Gasteiger partial charge in [0.2, 0.25) is 0 Å². The van der Waals surface area contributed by atoms with Crippen molar-refractivity contribution in [3.8, 4) is 22.3 Å². The van der Waals surface area contributed by atoms with E-state index in [1.165, 1.54) is 83.0 Å². The Bertz CT molecular complexity index is 1080. The van der Waals surface area contributed by atoms with Crippen molar-refractivity contribution in [2.24, 2.45) is 0 Å². The number of hydrogen-bond acceptors (Lipinski definition) is 0. The first-order valence-electron chi connectivity index (χ1n) is 13.0. The third kappa shape index (κ3) is 6.49. The van der Waals surface area contributed by atoms with Gasteiger partial charge in [-0.2, -0.15) is 48.5 Å². The Labute approximate surface area is 254 Å². The van der Waals surface area contributed by atoms with Crippen molar-refractivity contribution < 1.29 is 50.7 Å². The van der Waals surface area contributed by atoms with Crippen LogP contribution in [0.2, 0.25) is 0 Å². The fraction of sp³-hybridized carbons (Fsp3) is 0.294. The van der Waals surface area contributed by atoms with E-state index in [0.29, 0.717) is 11.8 Å². The van der Waals surface area contributed by atoms with E-state index in [1.54, 1.807) is 0 Å². The number of rotatable bonds is 6. The van der Waals surface area contributed by atoms with Gasteiger partial charge in [0.1, 0.15) is 0 Å². The molecular formula is C34H34Cl2Hf. The first-order chi connectivity index (χ1) is 16.8. The van der Waals surface area contributed by atoms with Crippen LogP contribution in [0.5, 0.6) is 0 Å². The predicted octanol–water partition coefficient (Wildman–Crippen LogP) is 3.58. The van der Waals surface area contributed by atoms with E-state index in [2.05, 4.69) is 98.8 Å². The number of hydrogen-bond donors (Lipinski definition) is 0. The molecule has 4 aromatic rings. The summed E-state index contributed by atoms with van der Waals surface area (Å²) in [6.45, 7) is 4.52. The van der Waals surface area contributed by atoms with Crippen LogP contribution < -0.4 is 24.8 Å². The molecule has 0 heterocycles. The Morgan fingerprint density at radius 1 is 0.541 bits per heavy atom. The van der Waals surface area contributed by atoms with Gasteiger partial charge >= 0.3 is 25.8 Å². The van der Waals surface area contributed by atoms with Crippen molar-refractivity contribution in [3.05, 3.63) is 119 Å².